The maximum atomic E-state index is 6.86. The summed E-state index contributed by atoms with van der Waals surface area (Å²) >= 11 is 0. The predicted molar refractivity (Wildman–Crippen MR) is 123 cm³/mol. The molecule has 0 aliphatic carbocycles. The molecule has 0 bridgehead atoms. The molecular weight excluding hydrogens is 550 g/mol. The molecule has 0 N–H and O–H groups in total. The van der Waals surface area contributed by atoms with Gasteiger partial charge in [0.15, 0.2) is 0 Å². The number of anilines is 1. The van der Waals surface area contributed by atoms with Crippen LogP contribution in [0.15, 0.2) is 24.3 Å². The Hall–Kier alpha value is 0.136. The van der Waals surface area contributed by atoms with Gasteiger partial charge in [-0.1, -0.05) is 71.1 Å². The van der Waals surface area contributed by atoms with Crippen LogP contribution in [0.4, 0.5) is 5.69 Å². The summed E-state index contributed by atoms with van der Waals surface area (Å²) in [6.45, 7) is 23.5. The molecule has 1 aromatic carbocycles. The van der Waals surface area contributed by atoms with E-state index in [0.717, 1.165) is 11.3 Å². The van der Waals surface area contributed by atoms with Gasteiger partial charge in [0.05, 0.1) is 0 Å². The third kappa shape index (κ3) is 10.1. The molecule has 0 aliphatic heterocycles. The number of nitrogens with zero attached hydrogens (tertiary/aromatic N) is 1. The molecule has 0 heterocycles. The monoisotopic (exact) mass is 586 g/mol. The Balaban J connectivity index is 0. The van der Waals surface area contributed by atoms with E-state index < -0.39 is 22.8 Å². The van der Waals surface area contributed by atoms with Gasteiger partial charge in [0.2, 0.25) is 0 Å². The normalized spacial score (nSPS) is 11.8. The van der Waals surface area contributed by atoms with Crippen molar-refractivity contribution < 1.29 is 21.1 Å². The van der Waals surface area contributed by atoms with Crippen molar-refractivity contribution in [1.29, 1.82) is 0 Å². The molecule has 1 aromatic rings. The second kappa shape index (κ2) is 10.5. The summed E-state index contributed by atoms with van der Waals surface area (Å²) in [5, 5.41) is 0. The number of hydrogen-bond acceptors (Lipinski definition) is 1. The summed E-state index contributed by atoms with van der Waals surface area (Å²) in [5.74, 6) is 2.32. The Labute approximate surface area is 176 Å². The van der Waals surface area contributed by atoms with Crippen LogP contribution >= 0.6 is 0 Å². The van der Waals surface area contributed by atoms with Crippen LogP contribution in [0.25, 0.3) is 0 Å². The maximum absolute atomic E-state index is 6.86. The summed E-state index contributed by atoms with van der Waals surface area (Å²) in [7, 11) is 1.51. The molecule has 0 atom stereocenters. The summed E-state index contributed by atoms with van der Waals surface area (Å²) in [5.41, 5.74) is 1.96. The van der Waals surface area contributed by atoms with Gasteiger partial charge in [0.1, 0.15) is 0 Å². The van der Waals surface area contributed by atoms with Gasteiger partial charge in [0.25, 0.3) is 0 Å². The quantitative estimate of drug-likeness (QED) is 0.259. The van der Waals surface area contributed by atoms with Gasteiger partial charge in [-0.25, -0.2) is 0 Å². The van der Waals surface area contributed by atoms with Crippen molar-refractivity contribution in [3.63, 3.8) is 0 Å². The number of hydrogen-bond donors (Lipinski definition) is 0. The van der Waals surface area contributed by atoms with Gasteiger partial charge in [-0.15, -0.1) is 17.7 Å². The van der Waals surface area contributed by atoms with E-state index in [1.54, 1.807) is 0 Å². The van der Waals surface area contributed by atoms with Crippen molar-refractivity contribution in [3.05, 3.63) is 36.3 Å². The SMILES string of the molecule is C[Si](C)(C)[Si]([Si](C)(C)C)[Si](C)(C)C.[C-]#Cc1ccc(N(C)C)cc1.[Pt]. The fraction of sp³-hybridized carbons (Fsp3) is 0.579. The van der Waals surface area contributed by atoms with Crippen LogP contribution in [0.5, 0.6) is 0 Å². The average molecular weight is 587 g/mol. The minimum Gasteiger partial charge on any atom is -0.378 e. The van der Waals surface area contributed by atoms with E-state index in [-0.39, 0.29) is 28.4 Å². The van der Waals surface area contributed by atoms with Crippen LogP contribution in [-0.4, -0.2) is 44.2 Å². The largest absolute Gasteiger partial charge is 0.378 e. The molecule has 1 radical (unpaired) electrons. The fourth-order valence-electron chi connectivity index (χ4n) is 4.22. The van der Waals surface area contributed by atoms with Crippen LogP contribution in [0.3, 0.4) is 0 Å². The first-order valence-corrected chi connectivity index (χ1v) is 23.7. The molecule has 1 rings (SSSR count). The van der Waals surface area contributed by atoms with E-state index in [2.05, 4.69) is 64.8 Å². The fourth-order valence-corrected chi connectivity index (χ4v) is 92.0. The molecule has 1 nitrogen and oxygen atoms in total. The van der Waals surface area contributed by atoms with E-state index >= 15 is 0 Å². The van der Waals surface area contributed by atoms with Gasteiger partial charge in [-0.05, 0) is 0 Å². The zero-order chi connectivity index (χ0) is 19.3. The van der Waals surface area contributed by atoms with Crippen LogP contribution in [-0.2, 0) is 21.1 Å². The van der Waals surface area contributed by atoms with E-state index in [1.165, 1.54) is 0 Å². The molecule has 145 valence electrons. The Kier molecular flexibility index (Phi) is 11.5. The first-order chi connectivity index (χ1) is 10.6. The Morgan fingerprint density at radius 1 is 0.760 bits per heavy atom. The van der Waals surface area contributed by atoms with Crippen molar-refractivity contribution in [3.8, 4) is 5.92 Å². The molecular formula is C19H37NPtSi4-. The maximum Gasteiger partial charge on any atom is 0.0331 e. The Morgan fingerprint density at radius 3 is 1.24 bits per heavy atom. The molecule has 6 heteroatoms. The smallest absolute Gasteiger partial charge is 0.0331 e. The second-order valence-corrected chi connectivity index (χ2v) is 46.4. The van der Waals surface area contributed by atoms with Crippen molar-refractivity contribution in [2.45, 2.75) is 58.9 Å². The molecule has 0 amide bonds. The molecule has 0 unspecified atom stereocenters. The molecule has 0 saturated carbocycles. The van der Waals surface area contributed by atoms with E-state index in [1.807, 2.05) is 43.3 Å². The summed E-state index contributed by atoms with van der Waals surface area (Å²) < 4.78 is 0. The topological polar surface area (TPSA) is 3.24 Å². The summed E-state index contributed by atoms with van der Waals surface area (Å²) in [6, 6.07) is 7.69. The zero-order valence-corrected chi connectivity index (χ0v) is 24.3. The first-order valence-electron chi connectivity index (χ1n) is 8.69. The van der Waals surface area contributed by atoms with Gasteiger partial charge < -0.3 is 11.3 Å². The molecule has 0 aromatic heterocycles. The first kappa shape index (κ1) is 27.4. The third-order valence-electron chi connectivity index (χ3n) is 3.78. The van der Waals surface area contributed by atoms with Crippen molar-refractivity contribution in [1.82, 2.24) is 0 Å². The van der Waals surface area contributed by atoms with Crippen molar-refractivity contribution in [2.75, 3.05) is 19.0 Å². The standard InChI is InChI=1S/C10H10N.C9H27Si4.Pt/c1-4-9-5-7-10(8-6-9)11(2)3;1-11(2,3)10(12(4,5)6)13(7,8)9;/h5-8H,2-3H3;1-9H3;/q-1;;. The Bertz CT molecular complexity index is 510. The number of benzene rings is 1. The van der Waals surface area contributed by atoms with Crippen LogP contribution in [0.1, 0.15) is 5.56 Å². The molecule has 0 fully saturated rings. The predicted octanol–water partition coefficient (Wildman–Crippen LogP) is 5.42. The third-order valence-corrected chi connectivity index (χ3v) is 62.3. The average Bonchev–Trinajstić information content (AvgIpc) is 2.33. The van der Waals surface area contributed by atoms with Gasteiger partial charge in [0, 0.05) is 71.0 Å². The van der Waals surface area contributed by atoms with Crippen LogP contribution < -0.4 is 4.90 Å². The van der Waals surface area contributed by atoms with Gasteiger partial charge in [-0.2, -0.15) is 0 Å². The second-order valence-electron chi connectivity index (χ2n) is 9.69. The van der Waals surface area contributed by atoms with E-state index in [9.17, 15) is 0 Å². The molecule has 0 saturated heterocycles. The van der Waals surface area contributed by atoms with Crippen LogP contribution in [0, 0.1) is 12.3 Å². The van der Waals surface area contributed by atoms with Gasteiger partial charge in [-0.3, -0.25) is 5.92 Å². The summed E-state index contributed by atoms with van der Waals surface area (Å²) in [4.78, 5) is 2.02. The van der Waals surface area contributed by atoms with E-state index in [0.29, 0.717) is 0 Å². The van der Waals surface area contributed by atoms with Gasteiger partial charge >= 0.3 is 0 Å². The minimum absolute atomic E-state index is 0. The molecule has 0 aliphatic rings. The molecule has 0 spiro atoms. The van der Waals surface area contributed by atoms with Crippen LogP contribution in [0.2, 0.25) is 58.9 Å². The summed E-state index contributed by atoms with van der Waals surface area (Å²) in [6.07, 6.45) is 6.86. The Morgan fingerprint density at radius 2 is 1.08 bits per heavy atom. The van der Waals surface area contributed by atoms with Crippen molar-refractivity contribution >= 4 is 35.8 Å². The number of rotatable bonds is 4. The zero-order valence-electron chi connectivity index (χ0n) is 18.1. The minimum atomic E-state index is -0.832. The molecule has 25 heavy (non-hydrogen) atoms. The van der Waals surface area contributed by atoms with E-state index in [4.69, 9.17) is 6.42 Å². The van der Waals surface area contributed by atoms with Crippen molar-refractivity contribution in [2.24, 2.45) is 0 Å².